The predicted molar refractivity (Wildman–Crippen MR) is 71.2 cm³/mol. The van der Waals surface area contributed by atoms with Crippen LogP contribution in [-0.2, 0) is 14.6 Å². The maximum atomic E-state index is 12.1. The SMILES string of the molecule is C/C(=C\CO)[C@@H]1C[C@@H]2C(C)(C)C(=O)C=C[C@@]2(C)OO1. The van der Waals surface area contributed by atoms with E-state index in [4.69, 9.17) is 14.9 Å². The minimum Gasteiger partial charge on any atom is -0.392 e. The van der Waals surface area contributed by atoms with Gasteiger partial charge < -0.3 is 5.11 Å². The van der Waals surface area contributed by atoms with Crippen LogP contribution in [-0.4, -0.2) is 29.2 Å². The summed E-state index contributed by atoms with van der Waals surface area (Å²) >= 11 is 0. The number of carbonyl (C=O) groups is 1. The number of allylic oxidation sites excluding steroid dienone is 1. The lowest BCUT2D eigenvalue weighted by molar-refractivity contribution is -0.406. The lowest BCUT2D eigenvalue weighted by Gasteiger charge is -2.49. The van der Waals surface area contributed by atoms with E-state index in [-0.39, 0.29) is 24.4 Å². The van der Waals surface area contributed by atoms with Crippen LogP contribution in [0.4, 0.5) is 0 Å². The van der Waals surface area contributed by atoms with Crippen LogP contribution in [0.5, 0.6) is 0 Å². The molecule has 0 saturated carbocycles. The van der Waals surface area contributed by atoms with Crippen molar-refractivity contribution in [3.8, 4) is 0 Å². The Bertz CT molecular complexity index is 435. The van der Waals surface area contributed by atoms with Gasteiger partial charge in [-0.15, -0.1) is 0 Å². The van der Waals surface area contributed by atoms with Crippen LogP contribution in [0.1, 0.15) is 34.1 Å². The van der Waals surface area contributed by atoms with Gasteiger partial charge in [0.25, 0.3) is 0 Å². The van der Waals surface area contributed by atoms with Crippen LogP contribution in [0.25, 0.3) is 0 Å². The maximum absolute atomic E-state index is 12.1. The summed E-state index contributed by atoms with van der Waals surface area (Å²) < 4.78 is 0. The Labute approximate surface area is 114 Å². The average Bonchev–Trinajstić information content (AvgIpc) is 2.35. The highest BCUT2D eigenvalue weighted by Gasteiger charge is 2.53. The monoisotopic (exact) mass is 266 g/mol. The Balaban J connectivity index is 2.29. The summed E-state index contributed by atoms with van der Waals surface area (Å²) in [4.78, 5) is 23.1. The molecule has 1 saturated heterocycles. The number of fused-ring (bicyclic) bond motifs is 1. The summed E-state index contributed by atoms with van der Waals surface area (Å²) in [5.74, 6) is 0.182. The lowest BCUT2D eigenvalue weighted by atomic mass is 9.62. The number of aliphatic hydroxyl groups excluding tert-OH is 1. The molecule has 0 bridgehead atoms. The van der Waals surface area contributed by atoms with Crippen LogP contribution in [0, 0.1) is 11.3 Å². The van der Waals surface area contributed by atoms with E-state index in [0.717, 1.165) is 5.57 Å². The van der Waals surface area contributed by atoms with Gasteiger partial charge in [0.05, 0.1) is 6.61 Å². The van der Waals surface area contributed by atoms with Crippen LogP contribution in [0.15, 0.2) is 23.8 Å². The average molecular weight is 266 g/mol. The molecular weight excluding hydrogens is 244 g/mol. The highest BCUT2D eigenvalue weighted by Crippen LogP contribution is 2.48. The summed E-state index contributed by atoms with van der Waals surface area (Å²) in [5, 5.41) is 8.96. The first kappa shape index (κ1) is 14.4. The Kier molecular flexibility index (Phi) is 3.69. The molecule has 0 spiro atoms. The molecule has 0 unspecified atom stereocenters. The van der Waals surface area contributed by atoms with E-state index in [9.17, 15) is 4.79 Å². The summed E-state index contributed by atoms with van der Waals surface area (Å²) in [6, 6.07) is 0. The van der Waals surface area contributed by atoms with Gasteiger partial charge in [0, 0.05) is 11.3 Å². The van der Waals surface area contributed by atoms with Gasteiger partial charge in [-0.3, -0.25) is 4.79 Å². The van der Waals surface area contributed by atoms with Crippen molar-refractivity contribution in [1.82, 2.24) is 0 Å². The first-order chi connectivity index (χ1) is 8.81. The Morgan fingerprint density at radius 2 is 2.21 bits per heavy atom. The van der Waals surface area contributed by atoms with Gasteiger partial charge in [-0.2, -0.15) is 0 Å². The van der Waals surface area contributed by atoms with Crippen molar-refractivity contribution in [3.05, 3.63) is 23.8 Å². The molecule has 2 rings (SSSR count). The molecule has 2 aliphatic rings. The van der Waals surface area contributed by atoms with E-state index in [1.54, 1.807) is 18.2 Å². The van der Waals surface area contributed by atoms with Gasteiger partial charge in [0.1, 0.15) is 11.7 Å². The number of hydrogen-bond acceptors (Lipinski definition) is 4. The molecule has 1 fully saturated rings. The molecule has 0 aromatic carbocycles. The van der Waals surface area contributed by atoms with Gasteiger partial charge in [-0.05, 0) is 38.0 Å². The standard InChI is InChI=1S/C15H22O4/c1-10(6-8-16)11-9-12-14(2,3)13(17)5-7-15(12,4)19-18-11/h5-7,11-12,16H,8-9H2,1-4H3/b10-6+/t11-,12+,15+/m0/s1. The Hall–Kier alpha value is -0.970. The number of aliphatic hydroxyl groups is 1. The molecule has 4 heteroatoms. The molecule has 1 heterocycles. The zero-order chi connectivity index (χ0) is 14.3. The molecule has 1 N–H and O–H groups in total. The minimum absolute atomic E-state index is 0.0180. The van der Waals surface area contributed by atoms with Crippen molar-refractivity contribution in [1.29, 1.82) is 0 Å². The number of hydrogen-bond donors (Lipinski definition) is 1. The molecule has 106 valence electrons. The van der Waals surface area contributed by atoms with Crippen LogP contribution < -0.4 is 0 Å². The van der Waals surface area contributed by atoms with Crippen LogP contribution in [0.3, 0.4) is 0 Å². The smallest absolute Gasteiger partial charge is 0.161 e. The highest BCUT2D eigenvalue weighted by atomic mass is 17.2. The van der Waals surface area contributed by atoms with E-state index >= 15 is 0 Å². The lowest BCUT2D eigenvalue weighted by Crippen LogP contribution is -2.55. The van der Waals surface area contributed by atoms with E-state index in [1.807, 2.05) is 27.7 Å². The topological polar surface area (TPSA) is 55.8 Å². The molecule has 19 heavy (non-hydrogen) atoms. The first-order valence-electron chi connectivity index (χ1n) is 6.67. The quantitative estimate of drug-likeness (QED) is 0.615. The molecule has 0 aromatic heterocycles. The van der Waals surface area contributed by atoms with Crippen LogP contribution in [0.2, 0.25) is 0 Å². The molecule has 0 radical (unpaired) electrons. The second-order valence-electron chi connectivity index (χ2n) is 6.19. The van der Waals surface area contributed by atoms with Crippen molar-refractivity contribution in [2.24, 2.45) is 11.3 Å². The highest BCUT2D eigenvalue weighted by molar-refractivity contribution is 5.95. The van der Waals surface area contributed by atoms with Gasteiger partial charge >= 0.3 is 0 Å². The van der Waals surface area contributed by atoms with Crippen molar-refractivity contribution < 1.29 is 19.7 Å². The van der Waals surface area contributed by atoms with Crippen molar-refractivity contribution >= 4 is 5.78 Å². The molecule has 1 aliphatic carbocycles. The Morgan fingerprint density at radius 3 is 2.84 bits per heavy atom. The molecule has 4 nitrogen and oxygen atoms in total. The summed E-state index contributed by atoms with van der Waals surface area (Å²) in [5.41, 5.74) is -0.0966. The fourth-order valence-electron chi connectivity index (χ4n) is 3.03. The van der Waals surface area contributed by atoms with E-state index in [2.05, 4.69) is 0 Å². The third-order valence-electron chi connectivity index (χ3n) is 4.48. The minimum atomic E-state index is -0.562. The molecule has 0 aromatic rings. The van der Waals surface area contributed by atoms with E-state index in [1.165, 1.54) is 0 Å². The van der Waals surface area contributed by atoms with Crippen LogP contribution >= 0.6 is 0 Å². The van der Waals surface area contributed by atoms with E-state index < -0.39 is 11.0 Å². The first-order valence-corrected chi connectivity index (χ1v) is 6.67. The second kappa shape index (κ2) is 4.85. The summed E-state index contributed by atoms with van der Waals surface area (Å²) in [6.07, 6.45) is 5.61. The van der Waals surface area contributed by atoms with Crippen molar-refractivity contribution in [2.45, 2.75) is 45.8 Å². The maximum Gasteiger partial charge on any atom is 0.161 e. The van der Waals surface area contributed by atoms with Gasteiger partial charge in [0.15, 0.2) is 5.78 Å². The zero-order valence-electron chi connectivity index (χ0n) is 12.0. The Morgan fingerprint density at radius 1 is 1.53 bits per heavy atom. The fraction of sp³-hybridized carbons (Fsp3) is 0.667. The zero-order valence-corrected chi connectivity index (χ0v) is 12.0. The van der Waals surface area contributed by atoms with Gasteiger partial charge in [-0.1, -0.05) is 19.9 Å². The molecule has 0 amide bonds. The number of ketones is 1. The summed E-state index contributed by atoms with van der Waals surface area (Å²) in [6.45, 7) is 7.75. The van der Waals surface area contributed by atoms with Crippen molar-refractivity contribution in [3.63, 3.8) is 0 Å². The molecular formula is C15H22O4. The number of carbonyl (C=O) groups excluding carboxylic acids is 1. The largest absolute Gasteiger partial charge is 0.392 e. The van der Waals surface area contributed by atoms with E-state index in [0.29, 0.717) is 6.42 Å². The predicted octanol–water partition coefficient (Wildman–Crippen LogP) is 2.19. The summed E-state index contributed by atoms with van der Waals surface area (Å²) in [7, 11) is 0. The normalized spacial score (nSPS) is 38.2. The second-order valence-corrected chi connectivity index (χ2v) is 6.19. The third kappa shape index (κ3) is 2.40. The number of rotatable bonds is 2. The van der Waals surface area contributed by atoms with Gasteiger partial charge in [0.2, 0.25) is 0 Å². The van der Waals surface area contributed by atoms with Gasteiger partial charge in [-0.25, -0.2) is 9.78 Å². The molecule has 1 aliphatic heterocycles. The fourth-order valence-corrected chi connectivity index (χ4v) is 3.03. The van der Waals surface area contributed by atoms with Crippen molar-refractivity contribution in [2.75, 3.05) is 6.61 Å². The molecule has 3 atom stereocenters. The third-order valence-corrected chi connectivity index (χ3v) is 4.48.